The molecule has 104 valence electrons. The minimum absolute atomic E-state index is 0.0151. The van der Waals surface area contributed by atoms with Gasteiger partial charge >= 0.3 is 0 Å². The van der Waals surface area contributed by atoms with Crippen LogP contribution in [-0.4, -0.2) is 5.78 Å². The van der Waals surface area contributed by atoms with Crippen molar-refractivity contribution >= 4 is 51.0 Å². The van der Waals surface area contributed by atoms with E-state index in [1.807, 2.05) is 36.4 Å². The van der Waals surface area contributed by atoms with Gasteiger partial charge in [-0.1, -0.05) is 0 Å². The Morgan fingerprint density at radius 3 is 1.60 bits per heavy atom. The molecule has 2 rings (SSSR count). The highest BCUT2D eigenvalue weighted by Crippen LogP contribution is 2.21. The summed E-state index contributed by atoms with van der Waals surface area (Å²) in [6.45, 7) is 0.695. The first-order valence-electron chi connectivity index (χ1n) is 6.08. The maximum atomic E-state index is 12.7. The van der Waals surface area contributed by atoms with Crippen LogP contribution in [0.1, 0.15) is 27.0 Å². The molecule has 3 nitrogen and oxygen atoms in total. The molecule has 0 radical (unpaired) electrons. The largest absolute Gasteiger partial charge is 0.326 e. The van der Waals surface area contributed by atoms with E-state index < -0.39 is 0 Å². The third kappa shape index (κ3) is 3.38. The van der Waals surface area contributed by atoms with Crippen LogP contribution in [0.3, 0.4) is 0 Å². The molecule has 2 aromatic carbocycles. The number of hydrogen-bond acceptors (Lipinski definition) is 3. The van der Waals surface area contributed by atoms with E-state index in [1.54, 1.807) is 0 Å². The second kappa shape index (κ2) is 6.97. The number of nitrogens with two attached hydrogens (primary N) is 2. The molecule has 0 aromatic heterocycles. The van der Waals surface area contributed by atoms with E-state index in [2.05, 4.69) is 45.2 Å². The van der Waals surface area contributed by atoms with Gasteiger partial charge in [0.25, 0.3) is 0 Å². The number of ketones is 1. The molecule has 0 heterocycles. The Kier molecular flexibility index (Phi) is 5.53. The lowest BCUT2D eigenvalue weighted by atomic mass is 9.95. The SMILES string of the molecule is NCc1cc(I)ccc1C(=O)c1ccc(I)cc1CN. The summed E-state index contributed by atoms with van der Waals surface area (Å²) >= 11 is 4.43. The standard InChI is InChI=1S/C15H14I2N2O/c16-11-1-3-13(9(5-11)7-18)15(20)14-4-2-12(17)6-10(14)8-19/h1-6H,7-8,18-19H2. The summed E-state index contributed by atoms with van der Waals surface area (Å²) in [6.07, 6.45) is 0. The van der Waals surface area contributed by atoms with E-state index in [-0.39, 0.29) is 5.78 Å². The van der Waals surface area contributed by atoms with Gasteiger partial charge in [-0.15, -0.1) is 0 Å². The average molecular weight is 492 g/mol. The number of benzene rings is 2. The second-order valence-corrected chi connectivity index (χ2v) is 6.83. The summed E-state index contributed by atoms with van der Waals surface area (Å²) in [5.74, 6) is -0.0151. The minimum atomic E-state index is -0.0151. The van der Waals surface area contributed by atoms with Gasteiger partial charge in [-0.2, -0.15) is 0 Å². The number of hydrogen-bond donors (Lipinski definition) is 2. The van der Waals surface area contributed by atoms with Gasteiger partial charge in [0.1, 0.15) is 0 Å². The number of rotatable bonds is 4. The molecule has 4 N–H and O–H groups in total. The van der Waals surface area contributed by atoms with Crippen molar-refractivity contribution in [2.75, 3.05) is 0 Å². The van der Waals surface area contributed by atoms with Crippen molar-refractivity contribution in [3.05, 3.63) is 65.8 Å². The van der Waals surface area contributed by atoms with Gasteiger partial charge in [0, 0.05) is 31.4 Å². The first-order chi connectivity index (χ1) is 9.56. The van der Waals surface area contributed by atoms with Crippen LogP contribution in [0.25, 0.3) is 0 Å². The fourth-order valence-corrected chi connectivity index (χ4v) is 3.16. The third-order valence-electron chi connectivity index (χ3n) is 3.06. The molecule has 2 aromatic rings. The Morgan fingerprint density at radius 2 is 1.25 bits per heavy atom. The van der Waals surface area contributed by atoms with Crippen LogP contribution in [0, 0.1) is 7.14 Å². The molecule has 20 heavy (non-hydrogen) atoms. The van der Waals surface area contributed by atoms with Crippen molar-refractivity contribution in [2.45, 2.75) is 13.1 Å². The van der Waals surface area contributed by atoms with Gasteiger partial charge < -0.3 is 11.5 Å². The Morgan fingerprint density at radius 1 is 0.850 bits per heavy atom. The van der Waals surface area contributed by atoms with Crippen LogP contribution in [-0.2, 0) is 13.1 Å². The minimum Gasteiger partial charge on any atom is -0.326 e. The maximum absolute atomic E-state index is 12.7. The van der Waals surface area contributed by atoms with Crippen LogP contribution >= 0.6 is 45.2 Å². The van der Waals surface area contributed by atoms with Crippen LogP contribution in [0.15, 0.2) is 36.4 Å². The predicted octanol–water partition coefficient (Wildman–Crippen LogP) is 3.04. The first kappa shape index (κ1) is 15.9. The van der Waals surface area contributed by atoms with Gasteiger partial charge in [-0.3, -0.25) is 4.79 Å². The summed E-state index contributed by atoms with van der Waals surface area (Å²) in [5, 5.41) is 0. The van der Waals surface area contributed by atoms with Gasteiger partial charge in [-0.05, 0) is 92.7 Å². The zero-order chi connectivity index (χ0) is 14.7. The summed E-state index contributed by atoms with van der Waals surface area (Å²) in [7, 11) is 0. The second-order valence-electron chi connectivity index (χ2n) is 4.34. The lowest BCUT2D eigenvalue weighted by Gasteiger charge is -2.11. The maximum Gasteiger partial charge on any atom is 0.193 e. The number of halogens is 2. The van der Waals surface area contributed by atoms with Crippen LogP contribution in [0.2, 0.25) is 0 Å². The van der Waals surface area contributed by atoms with E-state index in [4.69, 9.17) is 11.5 Å². The molecule has 0 bridgehead atoms. The molecule has 0 aliphatic carbocycles. The molecular formula is C15H14I2N2O. The Hall–Kier alpha value is -0.510. The van der Waals surface area contributed by atoms with E-state index in [9.17, 15) is 4.79 Å². The van der Waals surface area contributed by atoms with Gasteiger partial charge in [0.05, 0.1) is 0 Å². The molecule has 0 aliphatic rings. The highest BCUT2D eigenvalue weighted by Gasteiger charge is 2.16. The predicted molar refractivity (Wildman–Crippen MR) is 97.5 cm³/mol. The third-order valence-corrected chi connectivity index (χ3v) is 4.41. The highest BCUT2D eigenvalue weighted by molar-refractivity contribution is 14.1. The fourth-order valence-electron chi connectivity index (χ4n) is 2.05. The van der Waals surface area contributed by atoms with E-state index in [0.717, 1.165) is 18.3 Å². The molecule has 0 spiro atoms. The molecule has 0 aliphatic heterocycles. The Labute approximate surface area is 145 Å². The quantitative estimate of drug-likeness (QED) is 0.510. The van der Waals surface area contributed by atoms with Crippen molar-refractivity contribution in [2.24, 2.45) is 11.5 Å². The molecule has 0 atom stereocenters. The lowest BCUT2D eigenvalue weighted by molar-refractivity contribution is 0.103. The summed E-state index contributed by atoms with van der Waals surface area (Å²) < 4.78 is 2.14. The summed E-state index contributed by atoms with van der Waals surface area (Å²) in [6, 6.07) is 11.4. The fraction of sp³-hybridized carbons (Fsp3) is 0.133. The van der Waals surface area contributed by atoms with Crippen molar-refractivity contribution < 1.29 is 4.79 Å². The highest BCUT2D eigenvalue weighted by atomic mass is 127. The van der Waals surface area contributed by atoms with Crippen molar-refractivity contribution in [3.63, 3.8) is 0 Å². The smallest absolute Gasteiger partial charge is 0.193 e. The van der Waals surface area contributed by atoms with E-state index in [0.29, 0.717) is 24.2 Å². The molecule has 0 amide bonds. The van der Waals surface area contributed by atoms with Crippen molar-refractivity contribution in [3.8, 4) is 0 Å². The van der Waals surface area contributed by atoms with Crippen LogP contribution < -0.4 is 11.5 Å². The number of carbonyl (C=O) groups is 1. The Bertz CT molecular complexity index is 601. The Balaban J connectivity index is 2.51. The van der Waals surface area contributed by atoms with E-state index in [1.165, 1.54) is 0 Å². The molecule has 0 saturated heterocycles. The van der Waals surface area contributed by atoms with Gasteiger partial charge in [0.2, 0.25) is 0 Å². The molecular weight excluding hydrogens is 478 g/mol. The van der Waals surface area contributed by atoms with E-state index >= 15 is 0 Å². The van der Waals surface area contributed by atoms with Crippen LogP contribution in [0.5, 0.6) is 0 Å². The van der Waals surface area contributed by atoms with Crippen molar-refractivity contribution in [1.82, 2.24) is 0 Å². The lowest BCUT2D eigenvalue weighted by Crippen LogP contribution is -2.13. The molecule has 0 saturated carbocycles. The average Bonchev–Trinajstić information content (AvgIpc) is 2.46. The van der Waals surface area contributed by atoms with Gasteiger partial charge in [-0.25, -0.2) is 0 Å². The normalized spacial score (nSPS) is 10.6. The molecule has 5 heteroatoms. The van der Waals surface area contributed by atoms with Crippen molar-refractivity contribution in [1.29, 1.82) is 0 Å². The zero-order valence-electron chi connectivity index (χ0n) is 10.7. The zero-order valence-corrected chi connectivity index (χ0v) is 15.0. The van der Waals surface area contributed by atoms with Crippen LogP contribution in [0.4, 0.5) is 0 Å². The first-order valence-corrected chi connectivity index (χ1v) is 8.24. The monoisotopic (exact) mass is 492 g/mol. The number of carbonyl (C=O) groups excluding carboxylic acids is 1. The summed E-state index contributed by atoms with van der Waals surface area (Å²) in [5.41, 5.74) is 14.5. The summed E-state index contributed by atoms with van der Waals surface area (Å²) in [4.78, 5) is 12.7. The topological polar surface area (TPSA) is 69.1 Å². The van der Waals surface area contributed by atoms with Gasteiger partial charge in [0.15, 0.2) is 5.78 Å². The molecule has 0 unspecified atom stereocenters. The molecule has 0 fully saturated rings.